The highest BCUT2D eigenvalue weighted by molar-refractivity contribution is 5.96. The molecular weight excluding hydrogens is 328 g/mol. The lowest BCUT2D eigenvalue weighted by Crippen LogP contribution is -2.37. The summed E-state index contributed by atoms with van der Waals surface area (Å²) < 4.78 is 2.22. The first-order valence-corrected chi connectivity index (χ1v) is 8.78. The van der Waals surface area contributed by atoms with Gasteiger partial charge in [-0.25, -0.2) is 4.98 Å². The van der Waals surface area contributed by atoms with E-state index in [0.29, 0.717) is 18.2 Å². The van der Waals surface area contributed by atoms with Gasteiger partial charge < -0.3 is 15.2 Å². The van der Waals surface area contributed by atoms with Gasteiger partial charge in [-0.1, -0.05) is 30.3 Å². The minimum absolute atomic E-state index is 0.0582. The number of rotatable bonds is 6. The second kappa shape index (κ2) is 7.00. The maximum Gasteiger partial charge on any atom is 0.251 e. The Bertz CT molecular complexity index is 945. The Hall–Kier alpha value is -3.15. The van der Waals surface area contributed by atoms with Gasteiger partial charge in [0, 0.05) is 11.6 Å². The second-order valence-corrected chi connectivity index (χ2v) is 6.44. The first-order chi connectivity index (χ1) is 12.7. The smallest absolute Gasteiger partial charge is 0.251 e. The standard InChI is InChI=1S/C20H20N4O2/c25-19(13-22-20(26)14-6-2-1-3-7-14)21-12-18-23-16-8-4-5-9-17(16)24(18)15-10-11-15/h1-9,15H,10-13H2,(H,21,25)(H,22,26). The molecule has 132 valence electrons. The fourth-order valence-corrected chi connectivity index (χ4v) is 3.05. The SMILES string of the molecule is O=C(CNC(=O)c1ccccc1)NCc1nc2ccccc2n1C1CC1. The van der Waals surface area contributed by atoms with E-state index in [9.17, 15) is 9.59 Å². The van der Waals surface area contributed by atoms with E-state index < -0.39 is 0 Å². The molecule has 6 heteroatoms. The molecule has 26 heavy (non-hydrogen) atoms. The highest BCUT2D eigenvalue weighted by Crippen LogP contribution is 2.38. The lowest BCUT2D eigenvalue weighted by Gasteiger charge is -2.09. The molecule has 2 aromatic carbocycles. The third-order valence-corrected chi connectivity index (χ3v) is 4.47. The fourth-order valence-electron chi connectivity index (χ4n) is 3.05. The van der Waals surface area contributed by atoms with Gasteiger partial charge in [-0.3, -0.25) is 9.59 Å². The summed E-state index contributed by atoms with van der Waals surface area (Å²) in [5.41, 5.74) is 2.59. The number of benzene rings is 2. The number of hydrogen-bond acceptors (Lipinski definition) is 3. The van der Waals surface area contributed by atoms with Gasteiger partial charge in [0.1, 0.15) is 5.82 Å². The van der Waals surface area contributed by atoms with Crippen molar-refractivity contribution in [1.29, 1.82) is 0 Å². The maximum atomic E-state index is 12.1. The average molecular weight is 348 g/mol. The van der Waals surface area contributed by atoms with Crippen LogP contribution in [0.15, 0.2) is 54.6 Å². The van der Waals surface area contributed by atoms with Gasteiger partial charge in [0.05, 0.1) is 24.1 Å². The molecule has 0 saturated heterocycles. The molecule has 1 aliphatic carbocycles. The lowest BCUT2D eigenvalue weighted by molar-refractivity contribution is -0.120. The number of aromatic nitrogens is 2. The van der Waals surface area contributed by atoms with Crippen molar-refractivity contribution in [3.8, 4) is 0 Å². The monoisotopic (exact) mass is 348 g/mol. The molecule has 0 bridgehead atoms. The molecule has 4 rings (SSSR count). The average Bonchev–Trinajstić information content (AvgIpc) is 3.45. The van der Waals surface area contributed by atoms with E-state index in [-0.39, 0.29) is 18.4 Å². The van der Waals surface area contributed by atoms with Crippen LogP contribution in [-0.2, 0) is 11.3 Å². The lowest BCUT2D eigenvalue weighted by atomic mass is 10.2. The van der Waals surface area contributed by atoms with Crippen LogP contribution in [-0.4, -0.2) is 27.9 Å². The molecule has 1 saturated carbocycles. The predicted octanol–water partition coefficient (Wildman–Crippen LogP) is 2.42. The molecule has 1 aliphatic rings. The zero-order valence-corrected chi connectivity index (χ0v) is 14.3. The van der Waals surface area contributed by atoms with Crippen molar-refractivity contribution in [3.05, 3.63) is 66.0 Å². The fraction of sp³-hybridized carbons (Fsp3) is 0.250. The first kappa shape index (κ1) is 16.3. The number of carbonyl (C=O) groups excluding carboxylic acids is 2. The Morgan fingerprint density at radius 3 is 2.50 bits per heavy atom. The summed E-state index contributed by atoms with van der Waals surface area (Å²) in [6.45, 7) is 0.294. The van der Waals surface area contributed by atoms with Crippen molar-refractivity contribution in [2.75, 3.05) is 6.54 Å². The number of hydrogen-bond donors (Lipinski definition) is 2. The summed E-state index contributed by atoms with van der Waals surface area (Å²) >= 11 is 0. The molecule has 1 aromatic heterocycles. The zero-order chi connectivity index (χ0) is 17.9. The van der Waals surface area contributed by atoms with Gasteiger partial charge in [-0.05, 0) is 37.1 Å². The van der Waals surface area contributed by atoms with Gasteiger partial charge in [0.15, 0.2) is 0 Å². The van der Waals surface area contributed by atoms with Gasteiger partial charge in [-0.2, -0.15) is 0 Å². The van der Waals surface area contributed by atoms with E-state index in [0.717, 1.165) is 29.7 Å². The molecule has 0 radical (unpaired) electrons. The molecule has 3 aromatic rings. The molecule has 0 spiro atoms. The molecule has 0 unspecified atom stereocenters. The predicted molar refractivity (Wildman–Crippen MR) is 98.6 cm³/mol. The van der Waals surface area contributed by atoms with Crippen molar-refractivity contribution >= 4 is 22.8 Å². The number of nitrogens with one attached hydrogen (secondary N) is 2. The molecule has 1 heterocycles. The molecule has 6 nitrogen and oxygen atoms in total. The number of nitrogens with zero attached hydrogens (tertiary/aromatic N) is 2. The van der Waals surface area contributed by atoms with E-state index in [1.165, 1.54) is 0 Å². The number of imidazole rings is 1. The summed E-state index contributed by atoms with van der Waals surface area (Å²) in [5.74, 6) is 0.367. The Morgan fingerprint density at radius 1 is 1.00 bits per heavy atom. The summed E-state index contributed by atoms with van der Waals surface area (Å²) in [7, 11) is 0. The van der Waals surface area contributed by atoms with Crippen LogP contribution in [0.2, 0.25) is 0 Å². The van der Waals surface area contributed by atoms with Crippen molar-refractivity contribution < 1.29 is 9.59 Å². The Labute approximate surface area is 151 Å². The summed E-state index contributed by atoms with van der Waals surface area (Å²) in [6.07, 6.45) is 2.29. The van der Waals surface area contributed by atoms with Gasteiger partial charge in [-0.15, -0.1) is 0 Å². The van der Waals surface area contributed by atoms with E-state index in [1.807, 2.05) is 24.3 Å². The minimum Gasteiger partial charge on any atom is -0.347 e. The van der Waals surface area contributed by atoms with Crippen LogP contribution < -0.4 is 10.6 Å². The quantitative estimate of drug-likeness (QED) is 0.718. The number of carbonyl (C=O) groups is 2. The van der Waals surface area contributed by atoms with Gasteiger partial charge in [0.2, 0.25) is 5.91 Å². The van der Waals surface area contributed by atoms with Crippen molar-refractivity contribution in [2.24, 2.45) is 0 Å². The van der Waals surface area contributed by atoms with E-state index in [1.54, 1.807) is 24.3 Å². The highest BCUT2D eigenvalue weighted by atomic mass is 16.2. The van der Waals surface area contributed by atoms with Crippen molar-refractivity contribution in [3.63, 3.8) is 0 Å². The Kier molecular flexibility index (Phi) is 4.39. The number of para-hydroxylation sites is 2. The van der Waals surface area contributed by atoms with Crippen LogP contribution in [0.4, 0.5) is 0 Å². The van der Waals surface area contributed by atoms with Crippen molar-refractivity contribution in [2.45, 2.75) is 25.4 Å². The molecule has 0 atom stereocenters. The van der Waals surface area contributed by atoms with Crippen molar-refractivity contribution in [1.82, 2.24) is 20.2 Å². The largest absolute Gasteiger partial charge is 0.347 e. The van der Waals surface area contributed by atoms with Gasteiger partial charge >= 0.3 is 0 Å². The molecule has 1 fully saturated rings. The first-order valence-electron chi connectivity index (χ1n) is 8.78. The van der Waals surface area contributed by atoms with Crippen LogP contribution in [0.3, 0.4) is 0 Å². The van der Waals surface area contributed by atoms with Crippen LogP contribution in [0.25, 0.3) is 11.0 Å². The van der Waals surface area contributed by atoms with Gasteiger partial charge in [0.25, 0.3) is 5.91 Å². The van der Waals surface area contributed by atoms with E-state index >= 15 is 0 Å². The molecule has 0 aliphatic heterocycles. The minimum atomic E-state index is -0.258. The number of fused-ring (bicyclic) bond motifs is 1. The van der Waals surface area contributed by atoms with E-state index in [2.05, 4.69) is 26.3 Å². The van der Waals surface area contributed by atoms with Crippen LogP contribution in [0, 0.1) is 0 Å². The van der Waals surface area contributed by atoms with Crippen LogP contribution >= 0.6 is 0 Å². The summed E-state index contributed by atoms with van der Waals surface area (Å²) in [5, 5.41) is 5.49. The number of amides is 2. The second-order valence-electron chi connectivity index (χ2n) is 6.44. The highest BCUT2D eigenvalue weighted by Gasteiger charge is 2.28. The summed E-state index contributed by atoms with van der Waals surface area (Å²) in [6, 6.07) is 17.3. The third kappa shape index (κ3) is 3.44. The van der Waals surface area contributed by atoms with E-state index in [4.69, 9.17) is 0 Å². The molecule has 2 amide bonds. The normalized spacial score (nSPS) is 13.5. The zero-order valence-electron chi connectivity index (χ0n) is 14.3. The molecule has 2 N–H and O–H groups in total. The third-order valence-electron chi connectivity index (χ3n) is 4.47. The Morgan fingerprint density at radius 2 is 1.73 bits per heavy atom. The molecular formula is C20H20N4O2. The van der Waals surface area contributed by atoms with Crippen LogP contribution in [0.1, 0.15) is 35.1 Å². The van der Waals surface area contributed by atoms with Crippen LogP contribution in [0.5, 0.6) is 0 Å². The topological polar surface area (TPSA) is 76.0 Å². The Balaban J connectivity index is 1.37. The maximum absolute atomic E-state index is 12.1. The summed E-state index contributed by atoms with van der Waals surface area (Å²) in [4.78, 5) is 28.7.